The van der Waals surface area contributed by atoms with E-state index in [9.17, 15) is 18.0 Å². The highest BCUT2D eigenvalue weighted by molar-refractivity contribution is 7.89. The number of nitrogens with zero attached hydrogens (tertiary/aromatic N) is 3. The highest BCUT2D eigenvalue weighted by Gasteiger charge is 2.38. The molecule has 0 aliphatic carbocycles. The molecule has 152 valence electrons. The van der Waals surface area contributed by atoms with Gasteiger partial charge >= 0.3 is 11.8 Å². The second-order valence-electron chi connectivity index (χ2n) is 6.85. The van der Waals surface area contributed by atoms with Crippen molar-refractivity contribution in [3.8, 4) is 5.75 Å². The first-order chi connectivity index (χ1) is 13.4. The number of benzene rings is 1. The quantitative estimate of drug-likeness (QED) is 0.512. The second kappa shape index (κ2) is 8.32. The third-order valence-electron chi connectivity index (χ3n) is 5.25. The Bertz CT molecular complexity index is 845. The fraction of sp³-hybridized carbons (Fsp3) is 0.474. The van der Waals surface area contributed by atoms with E-state index >= 15 is 0 Å². The van der Waals surface area contributed by atoms with E-state index in [2.05, 4.69) is 6.58 Å². The van der Waals surface area contributed by atoms with Crippen LogP contribution < -0.4 is 4.74 Å². The van der Waals surface area contributed by atoms with E-state index in [1.54, 1.807) is 23.1 Å². The molecule has 0 bridgehead atoms. The third-order valence-corrected chi connectivity index (χ3v) is 7.17. The standard InChI is InChI=1S/C19H25N3O5S/c1-3-10-20-13-14-22(19(24)18(20)23)15-8-11-21(12-9-15)28(25,26)17-6-4-16(27-2)5-7-17/h3-7,15H,1,8-14H2,2H3. The van der Waals surface area contributed by atoms with Crippen molar-refractivity contribution in [3.63, 3.8) is 0 Å². The zero-order chi connectivity index (χ0) is 20.3. The lowest BCUT2D eigenvalue weighted by atomic mass is 10.0. The Kier molecular flexibility index (Phi) is 6.04. The molecule has 1 aromatic rings. The van der Waals surface area contributed by atoms with Crippen molar-refractivity contribution in [3.05, 3.63) is 36.9 Å². The molecule has 0 aromatic heterocycles. The van der Waals surface area contributed by atoms with Crippen LogP contribution in [0.25, 0.3) is 0 Å². The lowest BCUT2D eigenvalue weighted by Gasteiger charge is -2.41. The van der Waals surface area contributed by atoms with Crippen molar-refractivity contribution in [2.45, 2.75) is 23.8 Å². The maximum absolute atomic E-state index is 12.8. The first-order valence-corrected chi connectivity index (χ1v) is 10.7. The van der Waals surface area contributed by atoms with E-state index in [1.807, 2.05) is 0 Å². The summed E-state index contributed by atoms with van der Waals surface area (Å²) in [5.41, 5.74) is 0. The Morgan fingerprint density at radius 3 is 2.29 bits per heavy atom. The molecule has 3 rings (SSSR count). The number of methoxy groups -OCH3 is 1. The van der Waals surface area contributed by atoms with Crippen molar-refractivity contribution in [2.75, 3.05) is 39.8 Å². The number of piperidine rings is 1. The summed E-state index contributed by atoms with van der Waals surface area (Å²) in [5.74, 6) is -0.430. The zero-order valence-corrected chi connectivity index (χ0v) is 16.7. The maximum atomic E-state index is 12.8. The van der Waals surface area contributed by atoms with Crippen LogP contribution in [-0.2, 0) is 19.6 Å². The predicted octanol–water partition coefficient (Wildman–Crippen LogP) is 0.705. The third kappa shape index (κ3) is 3.90. The van der Waals surface area contributed by atoms with E-state index < -0.39 is 21.8 Å². The van der Waals surface area contributed by atoms with Gasteiger partial charge in [0.05, 0.1) is 12.0 Å². The summed E-state index contributed by atoms with van der Waals surface area (Å²) < 4.78 is 32.2. The van der Waals surface area contributed by atoms with Gasteiger partial charge in [-0.1, -0.05) is 6.08 Å². The summed E-state index contributed by atoms with van der Waals surface area (Å²) in [6.07, 6.45) is 2.62. The van der Waals surface area contributed by atoms with Gasteiger partial charge in [-0.3, -0.25) is 9.59 Å². The number of amides is 2. The lowest BCUT2D eigenvalue weighted by Crippen LogP contribution is -2.59. The fourth-order valence-corrected chi connectivity index (χ4v) is 5.13. The average Bonchev–Trinajstić information content (AvgIpc) is 2.72. The number of carbonyl (C=O) groups excluding carboxylic acids is 2. The molecule has 2 heterocycles. The summed E-state index contributed by atoms with van der Waals surface area (Å²) >= 11 is 0. The minimum absolute atomic E-state index is 0.121. The number of hydrogen-bond donors (Lipinski definition) is 0. The van der Waals surface area contributed by atoms with Crippen LogP contribution in [0, 0.1) is 0 Å². The first-order valence-electron chi connectivity index (χ1n) is 9.23. The van der Waals surface area contributed by atoms with Gasteiger partial charge in [0.25, 0.3) is 0 Å². The van der Waals surface area contributed by atoms with Crippen molar-refractivity contribution >= 4 is 21.8 Å². The molecule has 2 aliphatic rings. The Morgan fingerprint density at radius 1 is 1.07 bits per heavy atom. The van der Waals surface area contributed by atoms with Gasteiger partial charge in [-0.15, -0.1) is 6.58 Å². The van der Waals surface area contributed by atoms with Crippen LogP contribution >= 0.6 is 0 Å². The van der Waals surface area contributed by atoms with Gasteiger partial charge in [-0.2, -0.15) is 4.31 Å². The normalized spacial score (nSPS) is 19.8. The maximum Gasteiger partial charge on any atom is 0.312 e. The Balaban J connectivity index is 1.63. The number of ether oxygens (including phenoxy) is 1. The van der Waals surface area contributed by atoms with Crippen molar-refractivity contribution in [1.29, 1.82) is 0 Å². The van der Waals surface area contributed by atoms with Crippen LogP contribution in [0.4, 0.5) is 0 Å². The van der Waals surface area contributed by atoms with E-state index in [4.69, 9.17) is 4.74 Å². The van der Waals surface area contributed by atoms with E-state index in [0.29, 0.717) is 51.3 Å². The summed E-state index contributed by atoms with van der Waals surface area (Å²) in [6, 6.07) is 6.17. The van der Waals surface area contributed by atoms with Gasteiger partial charge in [-0.25, -0.2) is 8.42 Å². The smallest absolute Gasteiger partial charge is 0.312 e. The molecule has 0 saturated carbocycles. The molecule has 2 saturated heterocycles. The molecule has 2 fully saturated rings. The minimum atomic E-state index is -3.59. The molecule has 0 atom stereocenters. The fourth-order valence-electron chi connectivity index (χ4n) is 3.66. The van der Waals surface area contributed by atoms with E-state index in [-0.39, 0.29) is 10.9 Å². The average molecular weight is 407 g/mol. The van der Waals surface area contributed by atoms with Crippen molar-refractivity contribution in [1.82, 2.24) is 14.1 Å². The monoisotopic (exact) mass is 407 g/mol. The van der Waals surface area contributed by atoms with Gasteiger partial charge in [0.15, 0.2) is 0 Å². The molecule has 9 heteroatoms. The summed E-state index contributed by atoms with van der Waals surface area (Å²) in [5, 5.41) is 0. The van der Waals surface area contributed by atoms with Gasteiger partial charge < -0.3 is 14.5 Å². The SMILES string of the molecule is C=CCN1CCN(C2CCN(S(=O)(=O)c3ccc(OC)cc3)CC2)C(=O)C1=O. The van der Waals surface area contributed by atoms with Crippen molar-refractivity contribution in [2.24, 2.45) is 0 Å². The molecule has 2 amide bonds. The molecule has 2 aliphatic heterocycles. The van der Waals surface area contributed by atoms with Gasteiger partial charge in [0.2, 0.25) is 10.0 Å². The molecule has 0 N–H and O–H groups in total. The predicted molar refractivity (Wildman–Crippen MR) is 103 cm³/mol. The van der Waals surface area contributed by atoms with Crippen LogP contribution in [0.3, 0.4) is 0 Å². The second-order valence-corrected chi connectivity index (χ2v) is 8.79. The van der Waals surface area contributed by atoms with Crippen LogP contribution in [0.1, 0.15) is 12.8 Å². The molecule has 0 spiro atoms. The molecular weight excluding hydrogens is 382 g/mol. The molecule has 0 radical (unpaired) electrons. The molecule has 0 unspecified atom stereocenters. The van der Waals surface area contributed by atoms with Gasteiger partial charge in [0.1, 0.15) is 5.75 Å². The number of carbonyl (C=O) groups is 2. The van der Waals surface area contributed by atoms with Crippen LogP contribution in [0.5, 0.6) is 5.75 Å². The van der Waals surface area contributed by atoms with E-state index in [0.717, 1.165) is 0 Å². The lowest BCUT2D eigenvalue weighted by molar-refractivity contribution is -0.157. The van der Waals surface area contributed by atoms with Crippen LogP contribution in [0.2, 0.25) is 0 Å². The Morgan fingerprint density at radius 2 is 1.71 bits per heavy atom. The van der Waals surface area contributed by atoms with Gasteiger partial charge in [0, 0.05) is 38.8 Å². The summed E-state index contributed by atoms with van der Waals surface area (Å²) in [7, 11) is -2.07. The largest absolute Gasteiger partial charge is 0.497 e. The van der Waals surface area contributed by atoms with E-state index in [1.165, 1.54) is 28.4 Å². The Hall–Kier alpha value is -2.39. The molecular formula is C19H25N3O5S. The minimum Gasteiger partial charge on any atom is -0.497 e. The summed E-state index contributed by atoms with van der Waals surface area (Å²) in [6.45, 7) is 5.52. The highest BCUT2D eigenvalue weighted by atomic mass is 32.2. The highest BCUT2D eigenvalue weighted by Crippen LogP contribution is 2.25. The van der Waals surface area contributed by atoms with Crippen LogP contribution in [-0.4, -0.2) is 80.2 Å². The van der Waals surface area contributed by atoms with Crippen molar-refractivity contribution < 1.29 is 22.7 Å². The summed E-state index contributed by atoms with van der Waals surface area (Å²) in [4.78, 5) is 27.9. The van der Waals surface area contributed by atoms with Gasteiger partial charge in [-0.05, 0) is 37.1 Å². The Labute approximate surface area is 165 Å². The number of piperazine rings is 1. The topological polar surface area (TPSA) is 87.2 Å². The van der Waals surface area contributed by atoms with Crippen LogP contribution in [0.15, 0.2) is 41.8 Å². The number of hydrogen-bond acceptors (Lipinski definition) is 5. The first kappa shape index (κ1) is 20.3. The molecule has 8 nitrogen and oxygen atoms in total. The number of rotatable bonds is 6. The zero-order valence-electron chi connectivity index (χ0n) is 15.9. The number of sulfonamides is 1. The molecule has 1 aromatic carbocycles. The molecule has 28 heavy (non-hydrogen) atoms.